The third-order valence-corrected chi connectivity index (χ3v) is 7.16. The van der Waals surface area contributed by atoms with Gasteiger partial charge >= 0.3 is 0 Å². The minimum atomic E-state index is -3.89. The van der Waals surface area contributed by atoms with Crippen molar-refractivity contribution in [2.45, 2.75) is 17.7 Å². The Kier molecular flexibility index (Phi) is 7.42. The van der Waals surface area contributed by atoms with Crippen LogP contribution in [-0.2, 0) is 19.6 Å². The highest BCUT2D eigenvalue weighted by atomic mass is 35.5. The van der Waals surface area contributed by atoms with Crippen LogP contribution in [0.1, 0.15) is 12.8 Å². The summed E-state index contributed by atoms with van der Waals surface area (Å²) in [5.74, 6) is -4.45. The summed E-state index contributed by atoms with van der Waals surface area (Å²) in [6, 6.07) is 6.01. The van der Waals surface area contributed by atoms with E-state index in [2.05, 4.69) is 10.6 Å². The summed E-state index contributed by atoms with van der Waals surface area (Å²) in [5.41, 5.74) is 0.0440. The molecule has 0 bridgehead atoms. The Morgan fingerprint density at radius 2 is 1.66 bits per heavy atom. The van der Waals surface area contributed by atoms with Crippen molar-refractivity contribution in [1.29, 1.82) is 0 Å². The van der Waals surface area contributed by atoms with Crippen molar-refractivity contribution in [2.75, 3.05) is 25.0 Å². The molecule has 1 fully saturated rings. The van der Waals surface area contributed by atoms with Crippen molar-refractivity contribution in [3.63, 3.8) is 0 Å². The topological polar surface area (TPSA) is 95.6 Å². The molecule has 0 unspecified atom stereocenters. The predicted octanol–water partition coefficient (Wildman–Crippen LogP) is 2.91. The smallest absolute Gasteiger partial charge is 0.243 e. The van der Waals surface area contributed by atoms with E-state index in [0.29, 0.717) is 0 Å². The summed E-state index contributed by atoms with van der Waals surface area (Å²) >= 11 is 5.67. The highest BCUT2D eigenvalue weighted by Gasteiger charge is 2.32. The lowest BCUT2D eigenvalue weighted by Crippen LogP contribution is -2.44. The third kappa shape index (κ3) is 5.59. The molecule has 12 heteroatoms. The van der Waals surface area contributed by atoms with Gasteiger partial charge in [0.05, 0.1) is 16.5 Å². The zero-order chi connectivity index (χ0) is 23.5. The van der Waals surface area contributed by atoms with Crippen molar-refractivity contribution in [3.05, 3.63) is 58.9 Å². The molecule has 172 valence electrons. The van der Waals surface area contributed by atoms with Crippen LogP contribution in [0.25, 0.3) is 0 Å². The molecule has 2 aromatic rings. The first-order chi connectivity index (χ1) is 15.1. The summed E-state index contributed by atoms with van der Waals surface area (Å²) in [7, 11) is -3.89. The third-order valence-electron chi connectivity index (χ3n) is 4.98. The summed E-state index contributed by atoms with van der Waals surface area (Å²) in [6.45, 7) is -0.253. The number of hydrogen-bond acceptors (Lipinski definition) is 4. The molecule has 1 saturated heterocycles. The lowest BCUT2D eigenvalue weighted by atomic mass is 9.97. The standard InChI is InChI=1S/C20H19ClF3N3O4S/c21-15-10-14(2-4-16(15)22)32(30,31)27-7-5-12(6-8-27)20(29)25-11-19(28)26-13-1-3-17(23)18(24)9-13/h1-4,9-10,12H,5-8,11H2,(H,25,29)(H,26,28). The van der Waals surface area contributed by atoms with Gasteiger partial charge in [0.25, 0.3) is 0 Å². The number of hydrogen-bond donors (Lipinski definition) is 2. The lowest BCUT2D eigenvalue weighted by Gasteiger charge is -2.30. The van der Waals surface area contributed by atoms with Crippen LogP contribution in [0.15, 0.2) is 41.3 Å². The maximum atomic E-state index is 13.3. The van der Waals surface area contributed by atoms with Gasteiger partial charge in [-0.05, 0) is 43.2 Å². The molecule has 1 aliphatic heterocycles. The van der Waals surface area contributed by atoms with Crippen molar-refractivity contribution >= 4 is 39.1 Å². The highest BCUT2D eigenvalue weighted by molar-refractivity contribution is 7.89. The minimum Gasteiger partial charge on any atom is -0.347 e. The van der Waals surface area contributed by atoms with Gasteiger partial charge in [-0.15, -0.1) is 0 Å². The van der Waals surface area contributed by atoms with Gasteiger partial charge in [0, 0.05) is 30.8 Å². The molecule has 0 radical (unpaired) electrons. The molecule has 1 aliphatic rings. The maximum absolute atomic E-state index is 13.3. The summed E-state index contributed by atoms with van der Waals surface area (Å²) in [6.07, 6.45) is 0.454. The largest absolute Gasteiger partial charge is 0.347 e. The average molecular weight is 490 g/mol. The Hall–Kier alpha value is -2.63. The Bertz CT molecular complexity index is 1140. The number of halogens is 4. The number of carbonyl (C=O) groups is 2. The number of nitrogens with one attached hydrogen (secondary N) is 2. The number of rotatable bonds is 6. The van der Waals surface area contributed by atoms with E-state index in [1.54, 1.807) is 0 Å². The van der Waals surface area contributed by atoms with Crippen LogP contribution in [-0.4, -0.2) is 44.2 Å². The minimum absolute atomic E-state index is 0.0440. The van der Waals surface area contributed by atoms with Crippen molar-refractivity contribution in [2.24, 2.45) is 5.92 Å². The Balaban J connectivity index is 1.50. The van der Waals surface area contributed by atoms with E-state index in [0.717, 1.165) is 30.3 Å². The van der Waals surface area contributed by atoms with E-state index in [4.69, 9.17) is 11.6 Å². The first-order valence-electron chi connectivity index (χ1n) is 9.56. The number of benzene rings is 2. The molecule has 0 aromatic heterocycles. The Labute approximate surface area is 187 Å². The normalized spacial score (nSPS) is 15.4. The van der Waals surface area contributed by atoms with Crippen molar-refractivity contribution < 1.29 is 31.2 Å². The van der Waals surface area contributed by atoms with Crippen LogP contribution in [0.2, 0.25) is 5.02 Å². The number of carbonyl (C=O) groups excluding carboxylic acids is 2. The van der Waals surface area contributed by atoms with Crippen LogP contribution in [0, 0.1) is 23.4 Å². The fourth-order valence-corrected chi connectivity index (χ4v) is 4.98. The van der Waals surface area contributed by atoms with Crippen LogP contribution in [0.4, 0.5) is 18.9 Å². The number of sulfonamides is 1. The molecule has 2 N–H and O–H groups in total. The summed E-state index contributed by atoms with van der Waals surface area (Å²) < 4.78 is 66.0. The molecule has 3 rings (SSSR count). The van der Waals surface area contributed by atoms with Crippen LogP contribution in [0.5, 0.6) is 0 Å². The van der Waals surface area contributed by atoms with Gasteiger partial charge in [-0.2, -0.15) is 4.31 Å². The van der Waals surface area contributed by atoms with E-state index in [1.165, 1.54) is 10.4 Å². The Morgan fingerprint density at radius 3 is 2.28 bits per heavy atom. The lowest BCUT2D eigenvalue weighted by molar-refractivity contribution is -0.128. The van der Waals surface area contributed by atoms with Gasteiger partial charge < -0.3 is 10.6 Å². The predicted molar refractivity (Wildman–Crippen MR) is 111 cm³/mol. The first kappa shape index (κ1) is 24.0. The van der Waals surface area contributed by atoms with E-state index in [9.17, 15) is 31.2 Å². The van der Waals surface area contributed by atoms with Crippen LogP contribution in [0.3, 0.4) is 0 Å². The quantitative estimate of drug-likeness (QED) is 0.652. The fourth-order valence-electron chi connectivity index (χ4n) is 3.24. The monoisotopic (exact) mass is 489 g/mol. The molecular weight excluding hydrogens is 471 g/mol. The zero-order valence-electron chi connectivity index (χ0n) is 16.6. The average Bonchev–Trinajstić information content (AvgIpc) is 2.76. The fraction of sp³-hybridized carbons (Fsp3) is 0.300. The van der Waals surface area contributed by atoms with E-state index < -0.39 is 45.2 Å². The Morgan fingerprint density at radius 1 is 1.00 bits per heavy atom. The van der Waals surface area contributed by atoms with Gasteiger partial charge in [-0.25, -0.2) is 21.6 Å². The van der Waals surface area contributed by atoms with Gasteiger partial charge in [-0.3, -0.25) is 9.59 Å². The maximum Gasteiger partial charge on any atom is 0.243 e. The van der Waals surface area contributed by atoms with Crippen LogP contribution >= 0.6 is 11.6 Å². The molecule has 2 amide bonds. The van der Waals surface area contributed by atoms with Crippen LogP contribution < -0.4 is 10.6 Å². The SMILES string of the molecule is O=C(CNC(=O)C1CCN(S(=O)(=O)c2ccc(F)c(Cl)c2)CC1)Nc1ccc(F)c(F)c1. The number of nitrogens with zero attached hydrogens (tertiary/aromatic N) is 1. The summed E-state index contributed by atoms with van der Waals surface area (Å²) in [5, 5.41) is 4.48. The molecule has 0 atom stereocenters. The van der Waals surface area contributed by atoms with Gasteiger partial charge in [-0.1, -0.05) is 11.6 Å². The number of anilines is 1. The molecule has 0 aliphatic carbocycles. The zero-order valence-corrected chi connectivity index (χ0v) is 18.1. The van der Waals surface area contributed by atoms with Gasteiger partial charge in [0.1, 0.15) is 5.82 Å². The molecule has 0 spiro atoms. The molecule has 0 saturated carbocycles. The van der Waals surface area contributed by atoms with Gasteiger partial charge in [0.2, 0.25) is 21.8 Å². The van der Waals surface area contributed by atoms with E-state index in [-0.39, 0.29) is 48.1 Å². The van der Waals surface area contributed by atoms with E-state index in [1.807, 2.05) is 0 Å². The van der Waals surface area contributed by atoms with Gasteiger partial charge in [0.15, 0.2) is 11.6 Å². The van der Waals surface area contributed by atoms with Crippen molar-refractivity contribution in [1.82, 2.24) is 9.62 Å². The second-order valence-electron chi connectivity index (χ2n) is 7.15. The van der Waals surface area contributed by atoms with Crippen molar-refractivity contribution in [3.8, 4) is 0 Å². The van der Waals surface area contributed by atoms with E-state index >= 15 is 0 Å². The number of piperidine rings is 1. The summed E-state index contributed by atoms with van der Waals surface area (Å²) in [4.78, 5) is 24.1. The number of amides is 2. The molecule has 2 aromatic carbocycles. The molecule has 1 heterocycles. The molecule has 32 heavy (non-hydrogen) atoms. The molecule has 7 nitrogen and oxygen atoms in total. The second-order valence-corrected chi connectivity index (χ2v) is 9.49. The second kappa shape index (κ2) is 9.88. The molecular formula is C20H19ClF3N3O4S. The first-order valence-corrected chi connectivity index (χ1v) is 11.4. The highest BCUT2D eigenvalue weighted by Crippen LogP contribution is 2.26.